The highest BCUT2D eigenvalue weighted by Gasteiger charge is 2.09. The lowest BCUT2D eigenvalue weighted by atomic mass is 10.2. The molecule has 1 aromatic rings. The van der Waals surface area contributed by atoms with E-state index in [2.05, 4.69) is 6.92 Å². The van der Waals surface area contributed by atoms with Crippen molar-refractivity contribution in [1.82, 2.24) is 0 Å². The van der Waals surface area contributed by atoms with Gasteiger partial charge in [0.1, 0.15) is 0 Å². The number of hydrogen-bond donors (Lipinski definition) is 1. The van der Waals surface area contributed by atoms with Crippen LogP contribution in [0.15, 0.2) is 24.3 Å². The maximum absolute atomic E-state index is 11.6. The minimum atomic E-state index is -0.553. The van der Waals surface area contributed by atoms with E-state index in [-0.39, 0.29) is 12.3 Å². The van der Waals surface area contributed by atoms with Gasteiger partial charge in [-0.2, -0.15) is 0 Å². The molecule has 0 unspecified atom stereocenters. The fraction of sp³-hybridized carbons (Fsp3) is 0.412. The van der Waals surface area contributed by atoms with E-state index >= 15 is 0 Å². The largest absolute Gasteiger partial charge is 0.493 e. The molecule has 6 nitrogen and oxygen atoms in total. The summed E-state index contributed by atoms with van der Waals surface area (Å²) < 4.78 is 15.3. The van der Waals surface area contributed by atoms with Gasteiger partial charge in [-0.1, -0.05) is 25.8 Å². The monoisotopic (exact) mass is 321 g/mol. The van der Waals surface area contributed by atoms with Gasteiger partial charge in [0, 0.05) is 6.08 Å². The van der Waals surface area contributed by atoms with Crippen LogP contribution in [0.1, 0.15) is 31.7 Å². The molecule has 0 saturated carbocycles. The molecule has 1 aromatic carbocycles. The van der Waals surface area contributed by atoms with Gasteiger partial charge < -0.3 is 19.9 Å². The van der Waals surface area contributed by atoms with Crippen LogP contribution in [0.25, 0.3) is 6.08 Å². The molecule has 0 radical (unpaired) electrons. The van der Waals surface area contributed by atoms with Gasteiger partial charge in [0.15, 0.2) is 11.5 Å². The van der Waals surface area contributed by atoms with E-state index in [1.54, 1.807) is 24.3 Å². The predicted molar refractivity (Wildman–Crippen MR) is 87.2 cm³/mol. The van der Waals surface area contributed by atoms with Crippen LogP contribution < -0.4 is 15.2 Å². The Morgan fingerprint density at radius 1 is 1.22 bits per heavy atom. The molecule has 2 N–H and O–H groups in total. The normalized spacial score (nSPS) is 10.6. The van der Waals surface area contributed by atoms with Gasteiger partial charge in [0.05, 0.1) is 20.3 Å². The molecule has 0 amide bonds. The smallest absolute Gasteiger partial charge is 0.330 e. The third-order valence-corrected chi connectivity index (χ3v) is 2.98. The molecular weight excluding hydrogens is 298 g/mol. The van der Waals surface area contributed by atoms with Crippen molar-refractivity contribution >= 4 is 18.0 Å². The number of hydrogen-bond acceptors (Lipinski definition) is 6. The SMILES string of the molecule is CCCCCOC(=O)/C=C/c1ccc(OC(=O)CN)c(OC)c1. The summed E-state index contributed by atoms with van der Waals surface area (Å²) in [6.07, 6.45) is 5.95. The Bertz CT molecular complexity index is 554. The third kappa shape index (κ3) is 6.97. The number of rotatable bonds is 9. The Hall–Kier alpha value is -2.34. The van der Waals surface area contributed by atoms with Gasteiger partial charge >= 0.3 is 11.9 Å². The lowest BCUT2D eigenvalue weighted by Gasteiger charge is -2.09. The van der Waals surface area contributed by atoms with Crippen molar-refractivity contribution in [2.24, 2.45) is 5.73 Å². The van der Waals surface area contributed by atoms with Gasteiger partial charge in [0.2, 0.25) is 0 Å². The van der Waals surface area contributed by atoms with Crippen LogP contribution in [0, 0.1) is 0 Å². The van der Waals surface area contributed by atoms with Crippen molar-refractivity contribution in [1.29, 1.82) is 0 Å². The van der Waals surface area contributed by atoms with Gasteiger partial charge in [0.25, 0.3) is 0 Å². The summed E-state index contributed by atoms with van der Waals surface area (Å²) in [7, 11) is 1.46. The molecule has 126 valence electrons. The Morgan fingerprint density at radius 2 is 2.00 bits per heavy atom. The summed E-state index contributed by atoms with van der Waals surface area (Å²) in [5.41, 5.74) is 5.93. The Balaban J connectivity index is 2.65. The molecule has 0 aliphatic rings. The average molecular weight is 321 g/mol. The zero-order valence-corrected chi connectivity index (χ0v) is 13.5. The van der Waals surface area contributed by atoms with Crippen LogP contribution in [0.3, 0.4) is 0 Å². The first kappa shape index (κ1) is 18.7. The second kappa shape index (κ2) is 10.4. The maximum Gasteiger partial charge on any atom is 0.330 e. The molecule has 23 heavy (non-hydrogen) atoms. The molecule has 0 bridgehead atoms. The summed E-state index contributed by atoms with van der Waals surface area (Å²) in [4.78, 5) is 22.8. The molecule has 0 aliphatic heterocycles. The van der Waals surface area contributed by atoms with Crippen LogP contribution in [0.2, 0.25) is 0 Å². The summed E-state index contributed by atoms with van der Waals surface area (Å²) >= 11 is 0. The molecule has 1 rings (SSSR count). The first-order valence-electron chi connectivity index (χ1n) is 7.54. The van der Waals surface area contributed by atoms with Crippen LogP contribution in [-0.2, 0) is 14.3 Å². The molecule has 0 saturated heterocycles. The van der Waals surface area contributed by atoms with E-state index in [0.29, 0.717) is 12.4 Å². The number of unbranched alkanes of at least 4 members (excludes halogenated alkanes) is 2. The number of esters is 2. The fourth-order valence-corrected chi connectivity index (χ4v) is 1.77. The predicted octanol–water partition coefficient (Wildman–Crippen LogP) is 2.31. The highest BCUT2D eigenvalue weighted by Crippen LogP contribution is 2.28. The van der Waals surface area contributed by atoms with E-state index < -0.39 is 11.9 Å². The lowest BCUT2D eigenvalue weighted by Crippen LogP contribution is -2.19. The standard InChI is InChI=1S/C17H23NO5/c1-3-4-5-10-22-16(19)9-7-13-6-8-14(15(11-13)21-2)23-17(20)12-18/h6-9,11H,3-5,10,12,18H2,1-2H3/b9-7+. The van der Waals surface area contributed by atoms with Crippen molar-refractivity contribution in [3.8, 4) is 11.5 Å². The summed E-state index contributed by atoms with van der Waals surface area (Å²) in [6.45, 7) is 2.30. The molecule has 6 heteroatoms. The Labute approximate surface area is 136 Å². The topological polar surface area (TPSA) is 87.9 Å². The number of benzene rings is 1. The first-order chi connectivity index (χ1) is 11.1. The number of carbonyl (C=O) groups is 2. The third-order valence-electron chi connectivity index (χ3n) is 2.98. The Morgan fingerprint density at radius 3 is 2.65 bits per heavy atom. The molecular formula is C17H23NO5. The maximum atomic E-state index is 11.6. The van der Waals surface area contributed by atoms with Crippen LogP contribution in [0.5, 0.6) is 11.5 Å². The summed E-state index contributed by atoms with van der Waals surface area (Å²) in [6, 6.07) is 4.93. The van der Waals surface area contributed by atoms with Crippen molar-refractivity contribution < 1.29 is 23.8 Å². The molecule has 0 fully saturated rings. The fourth-order valence-electron chi connectivity index (χ4n) is 1.77. The van der Waals surface area contributed by atoms with Gasteiger partial charge in [-0.25, -0.2) is 4.79 Å². The van der Waals surface area contributed by atoms with Crippen LogP contribution >= 0.6 is 0 Å². The van der Waals surface area contributed by atoms with Crippen LogP contribution in [0.4, 0.5) is 0 Å². The van der Waals surface area contributed by atoms with E-state index in [9.17, 15) is 9.59 Å². The highest BCUT2D eigenvalue weighted by molar-refractivity contribution is 5.87. The zero-order valence-electron chi connectivity index (χ0n) is 13.5. The van der Waals surface area contributed by atoms with E-state index in [1.165, 1.54) is 13.2 Å². The quantitative estimate of drug-likeness (QED) is 0.325. The molecule has 0 aromatic heterocycles. The van der Waals surface area contributed by atoms with Gasteiger partial charge in [-0.05, 0) is 30.2 Å². The summed E-state index contributed by atoms with van der Waals surface area (Å²) in [5, 5.41) is 0. The molecule has 0 aliphatic carbocycles. The first-order valence-corrected chi connectivity index (χ1v) is 7.54. The van der Waals surface area contributed by atoms with Gasteiger partial charge in [-0.15, -0.1) is 0 Å². The summed E-state index contributed by atoms with van der Waals surface area (Å²) in [5.74, 6) is -0.284. The van der Waals surface area contributed by atoms with Crippen LogP contribution in [-0.4, -0.2) is 32.2 Å². The van der Waals surface area contributed by atoms with E-state index in [0.717, 1.165) is 24.8 Å². The Kier molecular flexibility index (Phi) is 8.46. The van der Waals surface area contributed by atoms with Crippen molar-refractivity contribution in [3.05, 3.63) is 29.8 Å². The van der Waals surface area contributed by atoms with E-state index in [1.807, 2.05) is 0 Å². The lowest BCUT2D eigenvalue weighted by molar-refractivity contribution is -0.137. The molecule has 0 heterocycles. The number of ether oxygens (including phenoxy) is 3. The minimum absolute atomic E-state index is 0.214. The zero-order chi connectivity index (χ0) is 17.1. The minimum Gasteiger partial charge on any atom is -0.493 e. The number of nitrogens with two attached hydrogens (primary N) is 1. The van der Waals surface area contributed by atoms with E-state index in [4.69, 9.17) is 19.9 Å². The second-order valence-corrected chi connectivity index (χ2v) is 4.80. The van der Waals surface area contributed by atoms with Crippen molar-refractivity contribution in [2.75, 3.05) is 20.3 Å². The number of carbonyl (C=O) groups excluding carboxylic acids is 2. The highest BCUT2D eigenvalue weighted by atomic mass is 16.6. The van der Waals surface area contributed by atoms with Crippen molar-refractivity contribution in [3.63, 3.8) is 0 Å². The van der Waals surface area contributed by atoms with Gasteiger partial charge in [-0.3, -0.25) is 4.79 Å². The van der Waals surface area contributed by atoms with Crippen molar-refractivity contribution in [2.45, 2.75) is 26.2 Å². The second-order valence-electron chi connectivity index (χ2n) is 4.80. The molecule has 0 atom stereocenters. The average Bonchev–Trinajstić information content (AvgIpc) is 2.57. The number of methoxy groups -OCH3 is 1. The molecule has 0 spiro atoms.